The first-order valence-corrected chi connectivity index (χ1v) is 12.3. The van der Waals surface area contributed by atoms with Crippen molar-refractivity contribution in [3.05, 3.63) is 45.4 Å². The Hall–Kier alpha value is -3.70. The molecule has 0 heterocycles. The number of hydrogen-bond acceptors (Lipinski definition) is 11. The number of carbonyl (C=O) groups excluding carboxylic acids is 4. The molecule has 3 aliphatic rings. The number of aromatic hydroxyl groups is 1. The summed E-state index contributed by atoms with van der Waals surface area (Å²) in [6.45, 7) is 1.50. The topological polar surface area (TPSA) is 165 Å². The van der Waals surface area contributed by atoms with Gasteiger partial charge >= 0.3 is 5.97 Å². The molecule has 0 amide bonds. The summed E-state index contributed by atoms with van der Waals surface area (Å²) in [5.74, 6) is -7.37. The molecule has 1 unspecified atom stereocenters. The van der Waals surface area contributed by atoms with Gasteiger partial charge in [0.15, 0.2) is 17.2 Å². The fourth-order valence-electron chi connectivity index (χ4n) is 6.17. The van der Waals surface area contributed by atoms with Crippen LogP contribution >= 0.6 is 0 Å². The van der Waals surface area contributed by atoms with Crippen LogP contribution in [-0.4, -0.2) is 95.6 Å². The van der Waals surface area contributed by atoms with Gasteiger partial charge in [-0.15, -0.1) is 0 Å². The molecule has 204 valence electrons. The summed E-state index contributed by atoms with van der Waals surface area (Å²) < 4.78 is 4.76. The maximum atomic E-state index is 13.9. The SMILES string of the molecule is CCC(=O)C1=C(O)C(N(C)C)[C@H]2C[C@H]3Cc4c(N(C)C)cc(C(=O)OC)c(O)c4C(=O)C3=C(O)[C@@]2(O)C1=O. The number of carbonyl (C=O) groups is 4. The minimum absolute atomic E-state index is 0.0136. The van der Waals surface area contributed by atoms with E-state index in [-0.39, 0.29) is 36.0 Å². The number of likely N-dealkylation sites (N-methyl/N-ethyl adjacent to an activating group) is 1. The van der Waals surface area contributed by atoms with Crippen molar-refractivity contribution in [3.8, 4) is 5.75 Å². The van der Waals surface area contributed by atoms with Crippen molar-refractivity contribution >= 4 is 29.0 Å². The molecule has 0 aliphatic heterocycles. The van der Waals surface area contributed by atoms with Gasteiger partial charge in [-0.05, 0) is 44.5 Å². The fourth-order valence-corrected chi connectivity index (χ4v) is 6.17. The van der Waals surface area contributed by atoms with E-state index < -0.39 is 69.6 Å². The van der Waals surface area contributed by atoms with Crippen LogP contribution in [-0.2, 0) is 20.7 Å². The zero-order valence-electron chi connectivity index (χ0n) is 22.2. The Bertz CT molecular complexity index is 1340. The van der Waals surface area contributed by atoms with Crippen molar-refractivity contribution in [1.29, 1.82) is 0 Å². The molecule has 1 aromatic rings. The lowest BCUT2D eigenvalue weighted by molar-refractivity contribution is -0.148. The van der Waals surface area contributed by atoms with E-state index in [2.05, 4.69) is 0 Å². The summed E-state index contributed by atoms with van der Waals surface area (Å²) in [6.07, 6.45) is 0.0185. The number of methoxy groups -OCH3 is 1. The van der Waals surface area contributed by atoms with Crippen LogP contribution < -0.4 is 4.90 Å². The highest BCUT2D eigenvalue weighted by atomic mass is 16.5. The second-order valence-electron chi connectivity index (χ2n) is 10.4. The quantitative estimate of drug-likeness (QED) is 0.323. The highest BCUT2D eigenvalue weighted by Gasteiger charge is 2.63. The van der Waals surface area contributed by atoms with Gasteiger partial charge in [-0.3, -0.25) is 19.3 Å². The van der Waals surface area contributed by atoms with Gasteiger partial charge in [0.25, 0.3) is 0 Å². The molecule has 0 saturated heterocycles. The first-order valence-electron chi connectivity index (χ1n) is 12.3. The van der Waals surface area contributed by atoms with Crippen LogP contribution in [0.5, 0.6) is 5.75 Å². The molecular weight excluding hydrogens is 496 g/mol. The number of fused-ring (bicyclic) bond motifs is 3. The van der Waals surface area contributed by atoms with Gasteiger partial charge in [0.2, 0.25) is 5.78 Å². The van der Waals surface area contributed by atoms with Gasteiger partial charge in [-0.1, -0.05) is 6.92 Å². The van der Waals surface area contributed by atoms with Crippen LogP contribution in [0.25, 0.3) is 0 Å². The Morgan fingerprint density at radius 2 is 1.76 bits per heavy atom. The molecule has 38 heavy (non-hydrogen) atoms. The summed E-state index contributed by atoms with van der Waals surface area (Å²) in [5.41, 5.74) is -3.10. The van der Waals surface area contributed by atoms with Crippen LogP contribution in [0.15, 0.2) is 28.7 Å². The van der Waals surface area contributed by atoms with E-state index in [1.807, 2.05) is 0 Å². The smallest absolute Gasteiger partial charge is 0.341 e. The lowest BCUT2D eigenvalue weighted by Crippen LogP contribution is -2.63. The number of nitrogens with zero attached hydrogens (tertiary/aromatic N) is 2. The molecule has 0 radical (unpaired) electrons. The van der Waals surface area contributed by atoms with Crippen LogP contribution in [0.4, 0.5) is 5.69 Å². The molecule has 0 bridgehead atoms. The van der Waals surface area contributed by atoms with Crippen molar-refractivity contribution in [2.75, 3.05) is 40.2 Å². The minimum atomic E-state index is -2.65. The van der Waals surface area contributed by atoms with Crippen LogP contribution in [0.1, 0.15) is 46.0 Å². The Morgan fingerprint density at radius 1 is 1.13 bits per heavy atom. The van der Waals surface area contributed by atoms with Crippen molar-refractivity contribution < 1.29 is 44.3 Å². The lowest BCUT2D eigenvalue weighted by Gasteiger charge is -2.50. The Kier molecular flexibility index (Phi) is 6.65. The first kappa shape index (κ1) is 27.3. The zero-order chi connectivity index (χ0) is 28.4. The van der Waals surface area contributed by atoms with Gasteiger partial charge in [0.05, 0.1) is 18.7 Å². The standard InChI is InChI=1S/C27H32N2O9/c1-7-16(30)19-23(33)20(29(4)5)14-9-11-8-12-15(28(2)3)10-13(26(36)38-6)21(31)18(12)22(32)17(11)24(34)27(14,37)25(19)35/h10-11,14,20,31,33-34,37H,7-9H2,1-6H3/t11-,14-,20?,27-/m1/s1. The number of benzene rings is 1. The molecular formula is C27H32N2O9. The molecule has 3 aliphatic carbocycles. The van der Waals surface area contributed by atoms with Gasteiger partial charge in [-0.2, -0.15) is 0 Å². The van der Waals surface area contributed by atoms with E-state index in [1.54, 1.807) is 38.0 Å². The molecule has 0 aromatic heterocycles. The first-order chi connectivity index (χ1) is 17.7. The number of phenols is 1. The fraction of sp³-hybridized carbons (Fsp3) is 0.481. The predicted molar refractivity (Wildman–Crippen MR) is 135 cm³/mol. The summed E-state index contributed by atoms with van der Waals surface area (Å²) in [5, 5.41) is 45.2. The molecule has 1 aromatic carbocycles. The number of hydrogen-bond donors (Lipinski definition) is 4. The van der Waals surface area contributed by atoms with E-state index in [1.165, 1.54) is 13.0 Å². The number of rotatable bonds is 5. The average molecular weight is 529 g/mol. The monoisotopic (exact) mass is 528 g/mol. The predicted octanol–water partition coefficient (Wildman–Crippen LogP) is 1.47. The highest BCUT2D eigenvalue weighted by Crippen LogP contribution is 2.53. The normalized spacial score (nSPS) is 26.7. The summed E-state index contributed by atoms with van der Waals surface area (Å²) in [6, 6.07) is 0.428. The number of aliphatic hydroxyl groups excluding tert-OH is 2. The number of ketones is 3. The Morgan fingerprint density at radius 3 is 2.29 bits per heavy atom. The maximum Gasteiger partial charge on any atom is 0.341 e. The van der Waals surface area contributed by atoms with Crippen molar-refractivity contribution in [3.63, 3.8) is 0 Å². The molecule has 11 nitrogen and oxygen atoms in total. The Balaban J connectivity index is 2.00. The van der Waals surface area contributed by atoms with E-state index in [0.717, 1.165) is 7.11 Å². The minimum Gasteiger partial charge on any atom is -0.510 e. The second kappa shape index (κ2) is 9.25. The second-order valence-corrected chi connectivity index (χ2v) is 10.4. The van der Waals surface area contributed by atoms with E-state index >= 15 is 0 Å². The summed E-state index contributed by atoms with van der Waals surface area (Å²) >= 11 is 0. The third-order valence-electron chi connectivity index (χ3n) is 7.94. The van der Waals surface area contributed by atoms with Gasteiger partial charge in [-0.25, -0.2) is 4.79 Å². The number of Topliss-reactive ketones (excluding diaryl/α,β-unsaturated/α-hetero) is 3. The Labute approximate surface area is 219 Å². The molecule has 4 N–H and O–H groups in total. The number of allylic oxidation sites excluding steroid dienone is 1. The summed E-state index contributed by atoms with van der Waals surface area (Å²) in [4.78, 5) is 55.7. The van der Waals surface area contributed by atoms with Crippen LogP contribution in [0.2, 0.25) is 0 Å². The van der Waals surface area contributed by atoms with Crippen molar-refractivity contribution in [2.45, 2.75) is 37.8 Å². The van der Waals surface area contributed by atoms with Crippen molar-refractivity contribution in [2.24, 2.45) is 11.8 Å². The molecule has 0 fully saturated rings. The lowest BCUT2D eigenvalue weighted by atomic mass is 9.58. The number of anilines is 1. The molecule has 4 atom stereocenters. The van der Waals surface area contributed by atoms with E-state index in [4.69, 9.17) is 4.74 Å². The number of esters is 1. The number of phenolic OH excluding ortho intramolecular Hbond substituents is 1. The van der Waals surface area contributed by atoms with Crippen LogP contribution in [0, 0.1) is 11.8 Å². The third kappa shape index (κ3) is 3.56. The van der Waals surface area contributed by atoms with Gasteiger partial charge in [0, 0.05) is 37.7 Å². The third-order valence-corrected chi connectivity index (χ3v) is 7.94. The summed E-state index contributed by atoms with van der Waals surface area (Å²) in [7, 11) is 7.77. The number of aliphatic hydroxyl groups is 3. The van der Waals surface area contributed by atoms with E-state index in [9.17, 15) is 39.6 Å². The molecule has 0 spiro atoms. The number of ether oxygens (including phenoxy) is 1. The highest BCUT2D eigenvalue weighted by molar-refractivity contribution is 6.26. The van der Waals surface area contributed by atoms with E-state index in [0.29, 0.717) is 11.3 Å². The molecule has 4 rings (SSSR count). The average Bonchev–Trinajstić information content (AvgIpc) is 2.85. The largest absolute Gasteiger partial charge is 0.510 e. The molecule has 0 saturated carbocycles. The zero-order valence-corrected chi connectivity index (χ0v) is 22.2. The molecule has 11 heteroatoms. The van der Waals surface area contributed by atoms with Gasteiger partial charge < -0.3 is 30.1 Å². The maximum absolute atomic E-state index is 13.9. The van der Waals surface area contributed by atoms with Gasteiger partial charge in [0.1, 0.15) is 28.4 Å². The van der Waals surface area contributed by atoms with Crippen molar-refractivity contribution in [1.82, 2.24) is 4.90 Å². The van der Waals surface area contributed by atoms with Crippen LogP contribution in [0.3, 0.4) is 0 Å².